The maximum absolute atomic E-state index is 11.9. The van der Waals surface area contributed by atoms with E-state index in [0.717, 1.165) is 11.5 Å². The molecule has 0 N–H and O–H groups in total. The van der Waals surface area contributed by atoms with E-state index >= 15 is 0 Å². The van der Waals surface area contributed by atoms with Crippen LogP contribution in [0.15, 0.2) is 0 Å². The quantitative estimate of drug-likeness (QED) is 0.482. The van der Waals surface area contributed by atoms with E-state index in [2.05, 4.69) is 0 Å². The van der Waals surface area contributed by atoms with Gasteiger partial charge >= 0.3 is 0 Å². The summed E-state index contributed by atoms with van der Waals surface area (Å²) < 4.78 is 11.9. The molecule has 0 aromatic carbocycles. The van der Waals surface area contributed by atoms with Crippen LogP contribution in [0.5, 0.6) is 0 Å². The van der Waals surface area contributed by atoms with Gasteiger partial charge in [-0.3, -0.25) is 0 Å². The number of rotatable bonds is 2. The van der Waals surface area contributed by atoms with E-state index in [1.54, 1.807) is 0 Å². The minimum atomic E-state index is 0.0694. The van der Waals surface area contributed by atoms with Gasteiger partial charge in [0.15, 0.2) is 0 Å². The van der Waals surface area contributed by atoms with Crippen LogP contribution in [0.25, 0.3) is 0 Å². The van der Waals surface area contributed by atoms with Crippen molar-refractivity contribution in [3.05, 3.63) is 0 Å². The van der Waals surface area contributed by atoms with Gasteiger partial charge in [0, 0.05) is 13.1 Å². The Hall–Kier alpha value is -0.110. The summed E-state index contributed by atoms with van der Waals surface area (Å²) in [6.45, 7) is 3.81. The van der Waals surface area contributed by atoms with Gasteiger partial charge < -0.3 is 0 Å². The minimum Gasteiger partial charge on any atom is -0.147 e. The molecule has 0 radical (unpaired) electrons. The van der Waals surface area contributed by atoms with Crippen LogP contribution in [0, 0.1) is 0 Å². The molecule has 0 aliphatic rings. The van der Waals surface area contributed by atoms with Crippen LogP contribution in [-0.4, -0.2) is 18.2 Å². The summed E-state index contributed by atoms with van der Waals surface area (Å²) in [5.74, 6) is 0. The summed E-state index contributed by atoms with van der Waals surface area (Å²) in [7, 11) is 1.44. The van der Waals surface area contributed by atoms with Crippen molar-refractivity contribution in [1.82, 2.24) is 5.12 Å². The lowest BCUT2D eigenvalue weighted by Gasteiger charge is -2.10. The van der Waals surface area contributed by atoms with Crippen molar-refractivity contribution in [2.45, 2.75) is 26.3 Å². The van der Waals surface area contributed by atoms with Gasteiger partial charge in [0.1, 0.15) is 0 Å². The zero-order valence-electron chi connectivity index (χ0n) is 5.11. The lowest BCUT2D eigenvalue weighted by molar-refractivity contribution is 0.0154. The van der Waals surface area contributed by atoms with Gasteiger partial charge in [0.2, 0.25) is 0 Å². The molecule has 0 saturated heterocycles. The lowest BCUT2D eigenvalue weighted by Crippen LogP contribution is -2.18. The maximum atomic E-state index is 11.9. The fourth-order valence-electron chi connectivity index (χ4n) is 0.252. The van der Waals surface area contributed by atoms with Crippen molar-refractivity contribution < 1.29 is 4.48 Å². The van der Waals surface area contributed by atoms with Crippen molar-refractivity contribution >= 4 is 0 Å². The van der Waals surface area contributed by atoms with Crippen molar-refractivity contribution in [1.29, 1.82) is 0 Å². The van der Waals surface area contributed by atoms with Crippen LogP contribution in [0.1, 0.15) is 20.3 Å². The molecule has 0 saturated carbocycles. The van der Waals surface area contributed by atoms with Gasteiger partial charge in [-0.2, -0.15) is 0 Å². The van der Waals surface area contributed by atoms with E-state index in [9.17, 15) is 4.48 Å². The first-order chi connectivity index (χ1) is 3.18. The highest BCUT2D eigenvalue weighted by Gasteiger charge is 2.01. The molecular weight excluding hydrogens is 93.1 g/mol. The Labute approximate surface area is 44.1 Å². The number of hydrogen-bond donors (Lipinski definition) is 0. The second-order valence-electron chi connectivity index (χ2n) is 1.78. The van der Waals surface area contributed by atoms with Crippen molar-refractivity contribution in [2.24, 2.45) is 0 Å². The molecule has 0 amide bonds. The van der Waals surface area contributed by atoms with Gasteiger partial charge in [0.25, 0.3) is 0 Å². The summed E-state index contributed by atoms with van der Waals surface area (Å²) in [6.07, 6.45) is 0.868. The zero-order chi connectivity index (χ0) is 5.86. The molecule has 0 aromatic heterocycles. The van der Waals surface area contributed by atoms with E-state index in [-0.39, 0.29) is 6.04 Å². The third-order valence-electron chi connectivity index (χ3n) is 1.20. The molecule has 0 rings (SSSR count). The van der Waals surface area contributed by atoms with Gasteiger partial charge in [-0.1, -0.05) is 6.92 Å². The standard InChI is InChI=1S/C5H12FN/c1-4-5(2)7(3)6/h5H,4H2,1-3H3/t5-/m0/s1. The van der Waals surface area contributed by atoms with Crippen LogP contribution in [-0.2, 0) is 0 Å². The SMILES string of the molecule is CC[C@H](C)N(C)F. The van der Waals surface area contributed by atoms with Gasteiger partial charge in [-0.15, -0.1) is 9.60 Å². The third-order valence-corrected chi connectivity index (χ3v) is 1.20. The van der Waals surface area contributed by atoms with Gasteiger partial charge in [-0.05, 0) is 13.3 Å². The van der Waals surface area contributed by atoms with Crippen molar-refractivity contribution in [3.63, 3.8) is 0 Å². The van der Waals surface area contributed by atoms with E-state index in [0.29, 0.717) is 0 Å². The number of nitrogens with zero attached hydrogens (tertiary/aromatic N) is 1. The van der Waals surface area contributed by atoms with Gasteiger partial charge in [0.05, 0.1) is 0 Å². The molecule has 1 atom stereocenters. The number of halogens is 1. The summed E-state index contributed by atoms with van der Waals surface area (Å²) in [5, 5.41) is 0.722. The topological polar surface area (TPSA) is 3.24 Å². The molecule has 7 heavy (non-hydrogen) atoms. The van der Waals surface area contributed by atoms with Crippen molar-refractivity contribution in [2.75, 3.05) is 7.05 Å². The van der Waals surface area contributed by atoms with E-state index in [4.69, 9.17) is 0 Å². The van der Waals surface area contributed by atoms with Crippen LogP contribution in [0.4, 0.5) is 4.48 Å². The zero-order valence-corrected chi connectivity index (χ0v) is 5.11. The molecule has 2 heteroatoms. The Balaban J connectivity index is 3.14. The molecule has 0 aliphatic heterocycles. The molecule has 1 nitrogen and oxygen atoms in total. The molecule has 0 bridgehead atoms. The smallest absolute Gasteiger partial charge is 0.0368 e. The maximum Gasteiger partial charge on any atom is 0.0368 e. The average Bonchev–Trinajstić information content (AvgIpc) is 1.65. The van der Waals surface area contributed by atoms with Crippen LogP contribution in [0.2, 0.25) is 0 Å². The Morgan fingerprint density at radius 3 is 2.14 bits per heavy atom. The molecule has 0 aliphatic carbocycles. The highest BCUT2D eigenvalue weighted by molar-refractivity contribution is 4.48. The third kappa shape index (κ3) is 2.57. The molecule has 0 aromatic rings. The minimum absolute atomic E-state index is 0.0694. The molecule has 0 fully saturated rings. The second kappa shape index (κ2) is 2.97. The largest absolute Gasteiger partial charge is 0.147 e. The first kappa shape index (κ1) is 6.89. The predicted molar refractivity (Wildman–Crippen MR) is 28.6 cm³/mol. The summed E-state index contributed by atoms with van der Waals surface area (Å²) >= 11 is 0. The summed E-state index contributed by atoms with van der Waals surface area (Å²) in [4.78, 5) is 0. The van der Waals surface area contributed by atoms with E-state index in [1.165, 1.54) is 7.05 Å². The van der Waals surface area contributed by atoms with E-state index < -0.39 is 0 Å². The van der Waals surface area contributed by atoms with Gasteiger partial charge in [-0.25, -0.2) is 0 Å². The molecule has 0 heterocycles. The van der Waals surface area contributed by atoms with Crippen LogP contribution in [0.3, 0.4) is 0 Å². The summed E-state index contributed by atoms with van der Waals surface area (Å²) in [6, 6.07) is 0.0694. The fraction of sp³-hybridized carbons (Fsp3) is 1.00. The molecule has 0 unspecified atom stereocenters. The molecule has 0 spiro atoms. The fourth-order valence-corrected chi connectivity index (χ4v) is 0.252. The number of hydrogen-bond acceptors (Lipinski definition) is 1. The normalized spacial score (nSPS) is 15.0. The predicted octanol–water partition coefficient (Wildman–Crippen LogP) is 1.60. The Kier molecular flexibility index (Phi) is 2.92. The van der Waals surface area contributed by atoms with Crippen LogP contribution >= 0.6 is 0 Å². The van der Waals surface area contributed by atoms with Crippen molar-refractivity contribution in [3.8, 4) is 0 Å². The summed E-state index contributed by atoms with van der Waals surface area (Å²) in [5.41, 5.74) is 0. The monoisotopic (exact) mass is 105 g/mol. The highest BCUT2D eigenvalue weighted by atomic mass is 19.2. The second-order valence-corrected chi connectivity index (χ2v) is 1.78. The molecule has 44 valence electrons. The Morgan fingerprint density at radius 2 is 2.14 bits per heavy atom. The Bertz CT molecular complexity index is 45.3. The first-order valence-corrected chi connectivity index (χ1v) is 2.57. The first-order valence-electron chi connectivity index (χ1n) is 2.57. The Morgan fingerprint density at radius 1 is 1.71 bits per heavy atom. The van der Waals surface area contributed by atoms with E-state index in [1.807, 2.05) is 13.8 Å². The lowest BCUT2D eigenvalue weighted by atomic mass is 10.3. The van der Waals surface area contributed by atoms with Crippen LogP contribution < -0.4 is 0 Å². The highest BCUT2D eigenvalue weighted by Crippen LogP contribution is 1.97. The average molecular weight is 105 g/mol. The molecular formula is C5H12FN.